The van der Waals surface area contributed by atoms with Crippen LogP contribution in [-0.4, -0.2) is 0 Å². The van der Waals surface area contributed by atoms with Gasteiger partial charge in [-0.15, -0.1) is 0 Å². The first-order valence-electron chi connectivity index (χ1n) is 3.68. The zero-order valence-corrected chi connectivity index (χ0v) is 7.15. The summed E-state index contributed by atoms with van der Waals surface area (Å²) >= 11 is 0. The Labute approximate surface area is 64.0 Å². The first-order chi connectivity index (χ1) is 4.72. The van der Waals surface area contributed by atoms with Crippen molar-refractivity contribution in [2.75, 3.05) is 0 Å². The summed E-state index contributed by atoms with van der Waals surface area (Å²) in [6.07, 6.45) is 7.17. The van der Waals surface area contributed by atoms with E-state index in [-0.39, 0.29) is 0 Å². The van der Waals surface area contributed by atoms with Crippen molar-refractivity contribution in [1.29, 1.82) is 0 Å². The molecule has 0 aliphatic carbocycles. The summed E-state index contributed by atoms with van der Waals surface area (Å²) in [5, 5.41) is 0. The van der Waals surface area contributed by atoms with E-state index in [1.54, 1.807) is 0 Å². The number of hydrogen-bond donors (Lipinski definition) is 0. The lowest BCUT2D eigenvalue weighted by molar-refractivity contribution is 1.17. The SMILES string of the molecule is C=C/C=C(C)/C(C)=C/CC. The summed E-state index contributed by atoms with van der Waals surface area (Å²) in [6.45, 7) is 10.0. The number of allylic oxidation sites excluding steroid dienone is 5. The maximum Gasteiger partial charge on any atom is -0.0373 e. The van der Waals surface area contributed by atoms with E-state index in [4.69, 9.17) is 0 Å². The highest BCUT2D eigenvalue weighted by molar-refractivity contribution is 5.29. The highest BCUT2D eigenvalue weighted by atomic mass is 13.9. The lowest BCUT2D eigenvalue weighted by Gasteiger charge is -1.97. The molecule has 0 nitrogen and oxygen atoms in total. The normalized spacial score (nSPS) is 13.5. The maximum atomic E-state index is 3.64. The predicted molar refractivity (Wildman–Crippen MR) is 48.0 cm³/mol. The first kappa shape index (κ1) is 9.22. The van der Waals surface area contributed by atoms with Crippen molar-refractivity contribution in [2.24, 2.45) is 0 Å². The molecule has 0 aliphatic rings. The molecule has 0 aromatic rings. The van der Waals surface area contributed by atoms with Crippen LogP contribution in [0.15, 0.2) is 36.0 Å². The van der Waals surface area contributed by atoms with Crippen LogP contribution < -0.4 is 0 Å². The molecule has 0 aromatic carbocycles. The minimum atomic E-state index is 1.11. The molecule has 0 atom stereocenters. The second-order valence-corrected chi connectivity index (χ2v) is 2.38. The third-order valence-electron chi connectivity index (χ3n) is 1.50. The average Bonchev–Trinajstić information content (AvgIpc) is 1.89. The largest absolute Gasteiger partial charge is 0.0991 e. The van der Waals surface area contributed by atoms with Crippen molar-refractivity contribution in [3.8, 4) is 0 Å². The van der Waals surface area contributed by atoms with E-state index >= 15 is 0 Å². The first-order valence-corrected chi connectivity index (χ1v) is 3.68. The lowest BCUT2D eigenvalue weighted by atomic mass is 10.1. The summed E-state index contributed by atoms with van der Waals surface area (Å²) in [6, 6.07) is 0. The van der Waals surface area contributed by atoms with Gasteiger partial charge in [0.25, 0.3) is 0 Å². The van der Waals surface area contributed by atoms with Gasteiger partial charge in [-0.25, -0.2) is 0 Å². The van der Waals surface area contributed by atoms with Crippen LogP contribution in [0.3, 0.4) is 0 Å². The van der Waals surface area contributed by atoms with Crippen molar-refractivity contribution >= 4 is 0 Å². The van der Waals surface area contributed by atoms with Crippen LogP contribution in [0.25, 0.3) is 0 Å². The monoisotopic (exact) mass is 136 g/mol. The summed E-state index contributed by atoms with van der Waals surface area (Å²) in [5.74, 6) is 0. The van der Waals surface area contributed by atoms with Gasteiger partial charge in [0.15, 0.2) is 0 Å². The van der Waals surface area contributed by atoms with Gasteiger partial charge in [0.1, 0.15) is 0 Å². The van der Waals surface area contributed by atoms with E-state index in [9.17, 15) is 0 Å². The van der Waals surface area contributed by atoms with E-state index in [1.165, 1.54) is 11.1 Å². The molecular formula is C10H16. The van der Waals surface area contributed by atoms with Crippen LogP contribution in [0.1, 0.15) is 27.2 Å². The van der Waals surface area contributed by atoms with Gasteiger partial charge in [0.05, 0.1) is 0 Å². The van der Waals surface area contributed by atoms with Gasteiger partial charge < -0.3 is 0 Å². The van der Waals surface area contributed by atoms with Gasteiger partial charge in [-0.05, 0) is 25.8 Å². The van der Waals surface area contributed by atoms with Crippen molar-refractivity contribution < 1.29 is 0 Å². The van der Waals surface area contributed by atoms with Gasteiger partial charge in [-0.1, -0.05) is 37.3 Å². The molecule has 0 rings (SSSR count). The predicted octanol–water partition coefficient (Wildman–Crippen LogP) is 3.48. The van der Waals surface area contributed by atoms with Gasteiger partial charge in [0.2, 0.25) is 0 Å². The molecule has 0 heterocycles. The molecule has 0 radical (unpaired) electrons. The van der Waals surface area contributed by atoms with E-state index in [2.05, 4.69) is 33.4 Å². The standard InChI is InChI=1S/C10H16/c1-5-7-9(3)10(4)8-6-2/h5,7-8H,1,6H2,2-4H3/b9-7+,10-8+. The Hall–Kier alpha value is -0.780. The minimum Gasteiger partial charge on any atom is -0.0991 e. The molecule has 0 amide bonds. The average molecular weight is 136 g/mol. The Morgan fingerprint density at radius 1 is 1.30 bits per heavy atom. The molecule has 0 unspecified atom stereocenters. The van der Waals surface area contributed by atoms with Crippen LogP contribution in [0.4, 0.5) is 0 Å². The summed E-state index contributed by atoms with van der Waals surface area (Å²) in [5.41, 5.74) is 2.65. The number of hydrogen-bond acceptors (Lipinski definition) is 0. The molecular weight excluding hydrogens is 120 g/mol. The van der Waals surface area contributed by atoms with Crippen LogP contribution in [-0.2, 0) is 0 Å². The van der Waals surface area contributed by atoms with Crippen molar-refractivity contribution in [2.45, 2.75) is 27.2 Å². The molecule has 0 fully saturated rings. The van der Waals surface area contributed by atoms with Crippen molar-refractivity contribution in [3.63, 3.8) is 0 Å². The summed E-state index contributed by atoms with van der Waals surface area (Å²) in [7, 11) is 0. The molecule has 0 bridgehead atoms. The minimum absolute atomic E-state index is 1.11. The Morgan fingerprint density at radius 3 is 2.30 bits per heavy atom. The Kier molecular flexibility index (Phi) is 4.65. The molecule has 10 heavy (non-hydrogen) atoms. The molecule has 56 valence electrons. The third-order valence-corrected chi connectivity index (χ3v) is 1.50. The second-order valence-electron chi connectivity index (χ2n) is 2.38. The van der Waals surface area contributed by atoms with Gasteiger partial charge in [0, 0.05) is 0 Å². The van der Waals surface area contributed by atoms with Crippen LogP contribution in [0.2, 0.25) is 0 Å². The van der Waals surface area contributed by atoms with E-state index in [1.807, 2.05) is 12.2 Å². The fraction of sp³-hybridized carbons (Fsp3) is 0.400. The summed E-state index contributed by atoms with van der Waals surface area (Å²) in [4.78, 5) is 0. The van der Waals surface area contributed by atoms with E-state index in [0.717, 1.165) is 6.42 Å². The Balaban J connectivity index is 4.19. The zero-order chi connectivity index (χ0) is 7.98. The van der Waals surface area contributed by atoms with Crippen LogP contribution >= 0.6 is 0 Å². The fourth-order valence-corrected chi connectivity index (χ4v) is 0.775. The van der Waals surface area contributed by atoms with E-state index < -0.39 is 0 Å². The molecule has 0 saturated heterocycles. The Morgan fingerprint density at radius 2 is 1.90 bits per heavy atom. The zero-order valence-electron chi connectivity index (χ0n) is 7.15. The fourth-order valence-electron chi connectivity index (χ4n) is 0.775. The smallest absolute Gasteiger partial charge is 0.0373 e. The number of rotatable bonds is 3. The third kappa shape index (κ3) is 3.29. The van der Waals surface area contributed by atoms with Gasteiger partial charge in [-0.3, -0.25) is 0 Å². The van der Waals surface area contributed by atoms with Gasteiger partial charge in [-0.2, -0.15) is 0 Å². The molecule has 0 heteroatoms. The lowest BCUT2D eigenvalue weighted by Crippen LogP contribution is -1.77. The highest BCUT2D eigenvalue weighted by Gasteiger charge is 1.87. The van der Waals surface area contributed by atoms with Gasteiger partial charge >= 0.3 is 0 Å². The van der Waals surface area contributed by atoms with Crippen LogP contribution in [0, 0.1) is 0 Å². The molecule has 0 N–H and O–H groups in total. The topological polar surface area (TPSA) is 0 Å². The van der Waals surface area contributed by atoms with E-state index in [0.29, 0.717) is 0 Å². The van der Waals surface area contributed by atoms with Crippen molar-refractivity contribution in [1.82, 2.24) is 0 Å². The van der Waals surface area contributed by atoms with Crippen molar-refractivity contribution in [3.05, 3.63) is 36.0 Å². The Bertz CT molecular complexity index is 159. The highest BCUT2D eigenvalue weighted by Crippen LogP contribution is 2.08. The molecule has 0 aliphatic heterocycles. The maximum absolute atomic E-state index is 3.64. The molecule has 0 aromatic heterocycles. The summed E-state index contributed by atoms with van der Waals surface area (Å²) < 4.78 is 0. The van der Waals surface area contributed by atoms with Crippen LogP contribution in [0.5, 0.6) is 0 Å². The second kappa shape index (κ2) is 5.04. The quantitative estimate of drug-likeness (QED) is 0.521. The molecule has 0 saturated carbocycles. The molecule has 0 spiro atoms.